The highest BCUT2D eigenvalue weighted by Crippen LogP contribution is 2.34. The fourth-order valence-corrected chi connectivity index (χ4v) is 3.87. The number of hydrogen-bond donors (Lipinski definition) is 2. The summed E-state index contributed by atoms with van der Waals surface area (Å²) < 4.78 is 49.3. The average Bonchev–Trinajstić information content (AvgIpc) is 2.79. The fraction of sp³-hybridized carbons (Fsp3) is 0.381. The molecule has 182 valence electrons. The maximum Gasteiger partial charge on any atom is 0.417 e. The van der Waals surface area contributed by atoms with Gasteiger partial charge in [-0.1, -0.05) is 11.6 Å². The van der Waals surface area contributed by atoms with E-state index in [0.29, 0.717) is 56.6 Å². The van der Waals surface area contributed by atoms with Crippen molar-refractivity contribution in [3.8, 4) is 11.5 Å². The van der Waals surface area contributed by atoms with Crippen LogP contribution < -0.4 is 25.0 Å². The van der Waals surface area contributed by atoms with E-state index in [-0.39, 0.29) is 17.4 Å². The van der Waals surface area contributed by atoms with Crippen LogP contribution in [0.5, 0.6) is 11.5 Å². The summed E-state index contributed by atoms with van der Waals surface area (Å²) in [4.78, 5) is 31.9. The Morgan fingerprint density at radius 1 is 1.06 bits per heavy atom. The third-order valence-electron chi connectivity index (χ3n) is 5.24. The Morgan fingerprint density at radius 2 is 1.76 bits per heavy atom. The van der Waals surface area contributed by atoms with Crippen LogP contribution in [0, 0.1) is 0 Å². The zero-order valence-corrected chi connectivity index (χ0v) is 18.6. The number of amides is 3. The number of halogens is 4. The van der Waals surface area contributed by atoms with Gasteiger partial charge < -0.3 is 19.7 Å². The van der Waals surface area contributed by atoms with Gasteiger partial charge in [-0.05, 0) is 18.2 Å². The highest BCUT2D eigenvalue weighted by atomic mass is 35.5. The van der Waals surface area contributed by atoms with Crippen LogP contribution in [0.3, 0.4) is 0 Å². The molecule has 4 rings (SSSR count). The maximum absolute atomic E-state index is 12.8. The number of ether oxygens (including phenoxy) is 2. The lowest BCUT2D eigenvalue weighted by Gasteiger charge is -2.35. The van der Waals surface area contributed by atoms with Crippen LogP contribution in [0.2, 0.25) is 5.02 Å². The zero-order valence-electron chi connectivity index (χ0n) is 17.8. The number of aromatic nitrogens is 1. The Kier molecular flexibility index (Phi) is 6.98. The molecule has 0 radical (unpaired) electrons. The van der Waals surface area contributed by atoms with Gasteiger partial charge in [-0.25, -0.2) is 9.78 Å². The van der Waals surface area contributed by atoms with Crippen molar-refractivity contribution in [3.63, 3.8) is 0 Å². The summed E-state index contributed by atoms with van der Waals surface area (Å²) in [6.45, 7) is 2.55. The molecule has 13 heteroatoms. The van der Waals surface area contributed by atoms with Gasteiger partial charge in [0.05, 0.1) is 17.1 Å². The number of alkyl halides is 3. The van der Waals surface area contributed by atoms with Gasteiger partial charge in [0.1, 0.15) is 19.0 Å². The standard InChI is InChI=1S/C21H21ClF3N5O4/c22-15-9-13(21(23,24)25)11-26-19(15)30-5-3-29(4-6-30)12-18(31)28-20(32)27-14-1-2-16-17(10-14)34-8-7-33-16/h1-2,9-11H,3-8,12H2,(H2,27,28,31,32). The number of nitrogens with zero attached hydrogens (tertiary/aromatic N) is 3. The highest BCUT2D eigenvalue weighted by Gasteiger charge is 2.32. The van der Waals surface area contributed by atoms with Gasteiger partial charge in [0, 0.05) is 44.1 Å². The molecule has 1 aromatic carbocycles. The Labute approximate surface area is 197 Å². The van der Waals surface area contributed by atoms with Gasteiger partial charge in [0.25, 0.3) is 0 Å². The quantitative estimate of drug-likeness (QED) is 0.667. The second-order valence-corrected chi connectivity index (χ2v) is 8.06. The van der Waals surface area contributed by atoms with Crippen LogP contribution in [-0.4, -0.2) is 67.8 Å². The normalized spacial score (nSPS) is 16.2. The Morgan fingerprint density at radius 3 is 2.44 bits per heavy atom. The van der Waals surface area contributed by atoms with Gasteiger partial charge in [-0.15, -0.1) is 0 Å². The summed E-state index contributed by atoms with van der Waals surface area (Å²) in [5.74, 6) is 0.864. The highest BCUT2D eigenvalue weighted by molar-refractivity contribution is 6.33. The fourth-order valence-electron chi connectivity index (χ4n) is 3.59. The lowest BCUT2D eigenvalue weighted by Crippen LogP contribution is -2.50. The number of fused-ring (bicyclic) bond motifs is 1. The third-order valence-corrected chi connectivity index (χ3v) is 5.52. The van der Waals surface area contributed by atoms with Crippen molar-refractivity contribution >= 4 is 35.0 Å². The van der Waals surface area contributed by atoms with Crippen LogP contribution in [0.25, 0.3) is 0 Å². The number of hydrogen-bond acceptors (Lipinski definition) is 7. The van der Waals surface area contributed by atoms with E-state index in [4.69, 9.17) is 21.1 Å². The smallest absolute Gasteiger partial charge is 0.417 e. The number of anilines is 2. The van der Waals surface area contributed by atoms with Crippen LogP contribution in [-0.2, 0) is 11.0 Å². The molecule has 9 nitrogen and oxygen atoms in total. The van der Waals surface area contributed by atoms with E-state index in [1.807, 2.05) is 4.90 Å². The minimum absolute atomic E-state index is 0.0173. The van der Waals surface area contributed by atoms with E-state index in [1.54, 1.807) is 23.1 Å². The molecule has 0 bridgehead atoms. The minimum Gasteiger partial charge on any atom is -0.486 e. The second-order valence-electron chi connectivity index (χ2n) is 7.65. The molecule has 2 aliphatic rings. The van der Waals surface area contributed by atoms with Crippen molar-refractivity contribution < 1.29 is 32.2 Å². The van der Waals surface area contributed by atoms with Crippen LogP contribution >= 0.6 is 11.6 Å². The van der Waals surface area contributed by atoms with Gasteiger partial charge >= 0.3 is 12.2 Å². The molecule has 3 heterocycles. The zero-order chi connectivity index (χ0) is 24.3. The molecule has 0 aliphatic carbocycles. The van der Waals surface area contributed by atoms with Crippen molar-refractivity contribution in [2.75, 3.05) is 56.2 Å². The van der Waals surface area contributed by atoms with Gasteiger partial charge in [-0.2, -0.15) is 13.2 Å². The molecule has 0 atom stereocenters. The number of carbonyl (C=O) groups is 2. The van der Waals surface area contributed by atoms with Crippen molar-refractivity contribution in [3.05, 3.63) is 41.0 Å². The molecule has 0 saturated carbocycles. The molecule has 1 saturated heterocycles. The van der Waals surface area contributed by atoms with E-state index >= 15 is 0 Å². The molecule has 2 aromatic rings. The molecule has 1 fully saturated rings. The second kappa shape index (κ2) is 9.94. The number of piperazine rings is 1. The number of rotatable bonds is 4. The lowest BCUT2D eigenvalue weighted by atomic mass is 10.2. The molecule has 34 heavy (non-hydrogen) atoms. The van der Waals surface area contributed by atoms with E-state index in [2.05, 4.69) is 15.6 Å². The molecule has 1 aromatic heterocycles. The summed E-state index contributed by atoms with van der Waals surface area (Å²) >= 11 is 6.01. The largest absolute Gasteiger partial charge is 0.486 e. The van der Waals surface area contributed by atoms with Crippen LogP contribution in [0.1, 0.15) is 5.56 Å². The Bertz CT molecular complexity index is 1080. The molecule has 2 N–H and O–H groups in total. The van der Waals surface area contributed by atoms with Crippen molar-refractivity contribution in [2.24, 2.45) is 0 Å². The third kappa shape index (κ3) is 5.81. The molecule has 0 unspecified atom stereocenters. The molecular weight excluding hydrogens is 479 g/mol. The van der Waals surface area contributed by atoms with Crippen molar-refractivity contribution in [1.82, 2.24) is 15.2 Å². The molecule has 2 aliphatic heterocycles. The van der Waals surface area contributed by atoms with Crippen LogP contribution in [0.15, 0.2) is 30.5 Å². The van der Waals surface area contributed by atoms with Crippen LogP contribution in [0.4, 0.5) is 29.5 Å². The van der Waals surface area contributed by atoms with E-state index < -0.39 is 23.7 Å². The summed E-state index contributed by atoms with van der Waals surface area (Å²) in [5, 5.41) is 4.76. The Hall–Kier alpha value is -3.25. The number of nitrogens with one attached hydrogen (secondary N) is 2. The maximum atomic E-state index is 12.8. The topological polar surface area (TPSA) is 96.0 Å². The van der Waals surface area contributed by atoms with Gasteiger partial charge in [0.15, 0.2) is 11.5 Å². The number of imide groups is 1. The van der Waals surface area contributed by atoms with Gasteiger partial charge in [0.2, 0.25) is 5.91 Å². The summed E-state index contributed by atoms with van der Waals surface area (Å²) in [5.41, 5.74) is -0.463. The number of carbonyl (C=O) groups excluding carboxylic acids is 2. The average molecular weight is 500 g/mol. The first-order valence-electron chi connectivity index (χ1n) is 10.4. The van der Waals surface area contributed by atoms with E-state index in [1.165, 1.54) is 0 Å². The molecule has 0 spiro atoms. The molecular formula is C21H21ClF3N5O4. The van der Waals surface area contributed by atoms with E-state index in [9.17, 15) is 22.8 Å². The molecule has 3 amide bonds. The first-order chi connectivity index (χ1) is 16.2. The first kappa shape index (κ1) is 23.9. The lowest BCUT2D eigenvalue weighted by molar-refractivity contribution is -0.137. The minimum atomic E-state index is -4.52. The predicted molar refractivity (Wildman–Crippen MR) is 117 cm³/mol. The number of pyridine rings is 1. The number of urea groups is 1. The monoisotopic (exact) mass is 499 g/mol. The first-order valence-corrected chi connectivity index (χ1v) is 10.8. The van der Waals surface area contributed by atoms with Gasteiger partial charge in [-0.3, -0.25) is 15.0 Å². The summed E-state index contributed by atoms with van der Waals surface area (Å²) in [6.07, 6.45) is -3.77. The number of benzene rings is 1. The van der Waals surface area contributed by atoms with E-state index in [0.717, 1.165) is 12.3 Å². The SMILES string of the molecule is O=C(CN1CCN(c2ncc(C(F)(F)F)cc2Cl)CC1)NC(=O)Nc1ccc2c(c1)OCCO2. The predicted octanol–water partition coefficient (Wildman–Crippen LogP) is 3.00. The summed E-state index contributed by atoms with van der Waals surface area (Å²) in [6, 6.07) is 5.09. The summed E-state index contributed by atoms with van der Waals surface area (Å²) in [7, 11) is 0. The Balaban J connectivity index is 1.24. The van der Waals surface area contributed by atoms with Crippen molar-refractivity contribution in [1.29, 1.82) is 0 Å². The van der Waals surface area contributed by atoms with Crippen molar-refractivity contribution in [2.45, 2.75) is 6.18 Å².